The summed E-state index contributed by atoms with van der Waals surface area (Å²) in [5, 5.41) is 7.06. The molecule has 0 saturated heterocycles. The SMILES string of the molecule is CP(NCP(c1ccccc1)c1ccccc1)C(C)(C)C. The van der Waals surface area contributed by atoms with Crippen LogP contribution in [0, 0.1) is 0 Å². The van der Waals surface area contributed by atoms with Gasteiger partial charge >= 0.3 is 0 Å². The van der Waals surface area contributed by atoms with Crippen LogP contribution < -0.4 is 15.7 Å². The standard InChI is InChI=1S/C18H25NP2/c1-18(2,3)20(4)19-15-21(16-11-7-5-8-12-16)17-13-9-6-10-14-17/h5-14,19H,15H2,1-4H3. The van der Waals surface area contributed by atoms with Crippen LogP contribution in [0.4, 0.5) is 0 Å². The predicted octanol–water partition coefficient (Wildman–Crippen LogP) is 4.49. The van der Waals surface area contributed by atoms with E-state index in [1.54, 1.807) is 0 Å². The second-order valence-electron chi connectivity index (χ2n) is 6.15. The van der Waals surface area contributed by atoms with Crippen LogP contribution in [0.1, 0.15) is 20.8 Å². The molecule has 0 amide bonds. The molecule has 0 heterocycles. The predicted molar refractivity (Wildman–Crippen MR) is 99.7 cm³/mol. The lowest BCUT2D eigenvalue weighted by Gasteiger charge is -2.30. The molecule has 0 saturated carbocycles. The molecule has 0 spiro atoms. The van der Waals surface area contributed by atoms with E-state index < -0.39 is 0 Å². The third-order valence-corrected chi connectivity index (χ3v) is 8.82. The van der Waals surface area contributed by atoms with Crippen molar-refractivity contribution >= 4 is 26.6 Å². The Bertz CT molecular complexity index is 495. The molecule has 0 aliphatic heterocycles. The maximum absolute atomic E-state index is 3.81. The number of hydrogen-bond donors (Lipinski definition) is 1. The van der Waals surface area contributed by atoms with Crippen LogP contribution in [-0.4, -0.2) is 18.1 Å². The van der Waals surface area contributed by atoms with Crippen LogP contribution >= 0.6 is 16.0 Å². The fraction of sp³-hybridized carbons (Fsp3) is 0.333. The average molecular weight is 317 g/mol. The van der Waals surface area contributed by atoms with Crippen molar-refractivity contribution in [1.82, 2.24) is 5.09 Å². The maximum atomic E-state index is 3.81. The Morgan fingerprint density at radius 2 is 1.24 bits per heavy atom. The summed E-state index contributed by atoms with van der Waals surface area (Å²) in [6.07, 6.45) is 1.06. The summed E-state index contributed by atoms with van der Waals surface area (Å²) < 4.78 is 0. The first-order valence-corrected chi connectivity index (χ1v) is 10.6. The van der Waals surface area contributed by atoms with Gasteiger partial charge in [0.2, 0.25) is 0 Å². The zero-order valence-electron chi connectivity index (χ0n) is 13.4. The Kier molecular flexibility index (Phi) is 5.94. The van der Waals surface area contributed by atoms with Gasteiger partial charge in [-0.15, -0.1) is 0 Å². The second-order valence-corrected chi connectivity index (χ2v) is 11.1. The highest BCUT2D eigenvalue weighted by Gasteiger charge is 2.21. The van der Waals surface area contributed by atoms with Gasteiger partial charge in [-0.25, -0.2) is 0 Å². The molecule has 0 aliphatic rings. The number of benzene rings is 2. The fourth-order valence-corrected chi connectivity index (χ4v) is 5.58. The molecule has 0 radical (unpaired) electrons. The van der Waals surface area contributed by atoms with Crippen LogP contribution in [0.15, 0.2) is 60.7 Å². The molecule has 1 nitrogen and oxygen atoms in total. The van der Waals surface area contributed by atoms with E-state index in [-0.39, 0.29) is 16.0 Å². The first-order chi connectivity index (χ1) is 9.98. The average Bonchev–Trinajstić information content (AvgIpc) is 2.48. The lowest BCUT2D eigenvalue weighted by molar-refractivity contribution is 0.774. The molecule has 0 aliphatic carbocycles. The molecule has 0 bridgehead atoms. The monoisotopic (exact) mass is 317 g/mol. The zero-order valence-corrected chi connectivity index (χ0v) is 15.2. The van der Waals surface area contributed by atoms with Crippen molar-refractivity contribution in [3.8, 4) is 0 Å². The fourth-order valence-electron chi connectivity index (χ4n) is 1.96. The lowest BCUT2D eigenvalue weighted by atomic mass is 10.3. The van der Waals surface area contributed by atoms with E-state index in [9.17, 15) is 0 Å². The Morgan fingerprint density at radius 1 is 0.810 bits per heavy atom. The molecule has 2 aromatic rings. The van der Waals surface area contributed by atoms with Crippen LogP contribution in [0.5, 0.6) is 0 Å². The molecule has 3 heteroatoms. The van der Waals surface area contributed by atoms with E-state index in [1.807, 2.05) is 0 Å². The van der Waals surface area contributed by atoms with E-state index in [0.717, 1.165) is 6.29 Å². The molecular formula is C18H25NP2. The highest BCUT2D eigenvalue weighted by atomic mass is 31.1. The summed E-state index contributed by atoms with van der Waals surface area (Å²) in [5.74, 6) is 0. The largest absolute Gasteiger partial charge is 0.291 e. The van der Waals surface area contributed by atoms with Crippen LogP contribution in [0.2, 0.25) is 0 Å². The minimum Gasteiger partial charge on any atom is -0.291 e. The third kappa shape index (κ3) is 4.89. The normalized spacial score (nSPS) is 13.4. The molecule has 0 aromatic heterocycles. The lowest BCUT2D eigenvalue weighted by Crippen LogP contribution is -2.25. The van der Waals surface area contributed by atoms with Crippen molar-refractivity contribution in [3.05, 3.63) is 60.7 Å². The number of nitrogens with one attached hydrogen (secondary N) is 1. The number of rotatable bonds is 5. The summed E-state index contributed by atoms with van der Waals surface area (Å²) in [5.41, 5.74) is 0. The molecule has 1 N–H and O–H groups in total. The van der Waals surface area contributed by atoms with E-state index in [1.165, 1.54) is 10.6 Å². The van der Waals surface area contributed by atoms with Gasteiger partial charge in [-0.3, -0.25) is 5.09 Å². The first-order valence-electron chi connectivity index (χ1n) is 7.33. The van der Waals surface area contributed by atoms with Gasteiger partial charge < -0.3 is 0 Å². The van der Waals surface area contributed by atoms with Crippen molar-refractivity contribution in [3.63, 3.8) is 0 Å². The molecule has 21 heavy (non-hydrogen) atoms. The smallest absolute Gasteiger partial charge is 0.0273 e. The van der Waals surface area contributed by atoms with Gasteiger partial charge in [0.1, 0.15) is 0 Å². The summed E-state index contributed by atoms with van der Waals surface area (Å²) in [7, 11) is -0.494. The van der Waals surface area contributed by atoms with Crippen molar-refractivity contribution in [2.75, 3.05) is 13.0 Å². The Balaban J connectivity index is 2.18. The van der Waals surface area contributed by atoms with Crippen LogP contribution in [-0.2, 0) is 0 Å². The second kappa shape index (κ2) is 7.50. The molecular weight excluding hydrogens is 292 g/mol. The summed E-state index contributed by atoms with van der Waals surface area (Å²) >= 11 is 0. The summed E-state index contributed by atoms with van der Waals surface area (Å²) in [6.45, 7) is 9.30. The minimum atomic E-state index is -0.325. The van der Waals surface area contributed by atoms with Gasteiger partial charge in [0.25, 0.3) is 0 Å². The van der Waals surface area contributed by atoms with E-state index in [0.29, 0.717) is 5.16 Å². The minimum absolute atomic E-state index is 0.169. The zero-order chi connectivity index (χ0) is 15.3. The van der Waals surface area contributed by atoms with Crippen LogP contribution in [0.25, 0.3) is 0 Å². The summed E-state index contributed by atoms with van der Waals surface area (Å²) in [4.78, 5) is 0. The van der Waals surface area contributed by atoms with E-state index >= 15 is 0 Å². The maximum Gasteiger partial charge on any atom is 0.0273 e. The molecule has 2 rings (SSSR count). The van der Waals surface area contributed by atoms with Gasteiger partial charge in [-0.1, -0.05) is 81.4 Å². The highest BCUT2D eigenvalue weighted by molar-refractivity contribution is 7.73. The van der Waals surface area contributed by atoms with Gasteiger partial charge in [-0.2, -0.15) is 0 Å². The van der Waals surface area contributed by atoms with Crippen molar-refractivity contribution in [2.45, 2.75) is 25.9 Å². The quantitative estimate of drug-likeness (QED) is 0.801. The molecule has 1 atom stereocenters. The molecule has 1 unspecified atom stereocenters. The van der Waals surface area contributed by atoms with Crippen LogP contribution in [0.3, 0.4) is 0 Å². The van der Waals surface area contributed by atoms with Gasteiger partial charge in [0.05, 0.1) is 0 Å². The van der Waals surface area contributed by atoms with Gasteiger partial charge in [-0.05, 0) is 38.4 Å². The Morgan fingerprint density at radius 3 is 1.62 bits per heavy atom. The number of hydrogen-bond acceptors (Lipinski definition) is 1. The van der Waals surface area contributed by atoms with Gasteiger partial charge in [0.15, 0.2) is 0 Å². The Labute approximate surface area is 131 Å². The molecule has 112 valence electrons. The Hall–Kier alpha value is -0.740. The topological polar surface area (TPSA) is 12.0 Å². The highest BCUT2D eigenvalue weighted by Crippen LogP contribution is 2.44. The molecule has 0 fully saturated rings. The van der Waals surface area contributed by atoms with Crippen molar-refractivity contribution in [1.29, 1.82) is 0 Å². The van der Waals surface area contributed by atoms with Crippen molar-refractivity contribution < 1.29 is 0 Å². The van der Waals surface area contributed by atoms with E-state index in [2.05, 4.69) is 93.2 Å². The first kappa shape index (κ1) is 16.6. The van der Waals surface area contributed by atoms with Crippen molar-refractivity contribution in [2.24, 2.45) is 0 Å². The van der Waals surface area contributed by atoms with Gasteiger partial charge in [0, 0.05) is 6.29 Å². The molecule has 2 aromatic carbocycles. The van der Waals surface area contributed by atoms with E-state index in [4.69, 9.17) is 0 Å². The third-order valence-electron chi connectivity index (χ3n) is 3.61. The summed E-state index contributed by atoms with van der Waals surface area (Å²) in [6, 6.07) is 21.8.